The van der Waals surface area contributed by atoms with Crippen molar-refractivity contribution < 1.29 is 14.7 Å². The van der Waals surface area contributed by atoms with Crippen LogP contribution in [-0.4, -0.2) is 42.0 Å². The minimum atomic E-state index is -0.422. The molecule has 0 aliphatic carbocycles. The van der Waals surface area contributed by atoms with Crippen molar-refractivity contribution in [1.82, 2.24) is 10.2 Å². The summed E-state index contributed by atoms with van der Waals surface area (Å²) in [5.74, 6) is -0.517. The van der Waals surface area contributed by atoms with Crippen LogP contribution in [0.15, 0.2) is 30.3 Å². The van der Waals surface area contributed by atoms with Crippen LogP contribution in [0, 0.1) is 5.92 Å². The van der Waals surface area contributed by atoms with Crippen LogP contribution >= 0.6 is 0 Å². The molecule has 2 rings (SSSR count). The quantitative estimate of drug-likeness (QED) is 0.820. The van der Waals surface area contributed by atoms with Crippen molar-refractivity contribution in [2.24, 2.45) is 5.92 Å². The predicted molar refractivity (Wildman–Crippen MR) is 70.2 cm³/mol. The zero-order valence-corrected chi connectivity index (χ0v) is 10.9. The number of benzene rings is 1. The Bertz CT molecular complexity index is 461. The molecule has 102 valence electrons. The summed E-state index contributed by atoms with van der Waals surface area (Å²) >= 11 is 0. The van der Waals surface area contributed by atoms with Crippen molar-refractivity contribution >= 4 is 11.8 Å². The van der Waals surface area contributed by atoms with Gasteiger partial charge in [-0.25, -0.2) is 0 Å². The summed E-state index contributed by atoms with van der Waals surface area (Å²) in [6.45, 7) is 0.282. The Labute approximate surface area is 112 Å². The van der Waals surface area contributed by atoms with Gasteiger partial charge in [0.25, 0.3) is 0 Å². The van der Waals surface area contributed by atoms with E-state index >= 15 is 0 Å². The lowest BCUT2D eigenvalue weighted by molar-refractivity contribution is -0.128. The molecule has 1 saturated heterocycles. The summed E-state index contributed by atoms with van der Waals surface area (Å²) in [4.78, 5) is 25.0. The topological polar surface area (TPSA) is 69.6 Å². The number of nitrogens with zero attached hydrogens (tertiary/aromatic N) is 1. The van der Waals surface area contributed by atoms with E-state index in [2.05, 4.69) is 5.32 Å². The molecule has 1 unspecified atom stereocenters. The van der Waals surface area contributed by atoms with Crippen molar-refractivity contribution in [3.05, 3.63) is 35.9 Å². The van der Waals surface area contributed by atoms with E-state index in [4.69, 9.17) is 0 Å². The molecule has 1 fully saturated rings. The first-order valence-electron chi connectivity index (χ1n) is 6.32. The van der Waals surface area contributed by atoms with Gasteiger partial charge in [0.1, 0.15) is 0 Å². The third-order valence-electron chi connectivity index (χ3n) is 3.41. The molecule has 0 aromatic heterocycles. The second-order valence-electron chi connectivity index (χ2n) is 4.83. The molecule has 1 aromatic carbocycles. The maximum atomic E-state index is 12.1. The number of rotatable bonds is 4. The zero-order valence-electron chi connectivity index (χ0n) is 10.9. The average Bonchev–Trinajstić information content (AvgIpc) is 2.77. The van der Waals surface area contributed by atoms with Crippen LogP contribution in [-0.2, 0) is 9.59 Å². The van der Waals surface area contributed by atoms with Crippen molar-refractivity contribution in [1.29, 1.82) is 0 Å². The molecule has 5 nitrogen and oxygen atoms in total. The summed E-state index contributed by atoms with van der Waals surface area (Å²) < 4.78 is 0. The van der Waals surface area contributed by atoms with E-state index in [1.165, 1.54) is 0 Å². The first kappa shape index (κ1) is 13.5. The third-order valence-corrected chi connectivity index (χ3v) is 3.41. The summed E-state index contributed by atoms with van der Waals surface area (Å²) in [6.07, 6.45) is 0.245. The van der Waals surface area contributed by atoms with E-state index in [1.54, 1.807) is 11.9 Å². The second kappa shape index (κ2) is 5.84. The monoisotopic (exact) mass is 262 g/mol. The molecule has 1 aliphatic rings. The molecule has 1 aromatic rings. The fourth-order valence-electron chi connectivity index (χ4n) is 2.25. The molecule has 0 radical (unpaired) electrons. The van der Waals surface area contributed by atoms with Crippen LogP contribution in [0.4, 0.5) is 0 Å². The standard InChI is InChI=1S/C14H18N2O3/c1-16-8-11(7-13(16)18)14(19)15-12(9-17)10-5-3-2-4-6-10/h2-6,11-12,17H,7-9H2,1H3,(H,15,19)/t11?,12-/m1/s1. The molecule has 2 N–H and O–H groups in total. The zero-order chi connectivity index (χ0) is 13.8. The number of hydrogen-bond donors (Lipinski definition) is 2. The number of aliphatic hydroxyl groups excluding tert-OH is 1. The molecule has 0 bridgehead atoms. The Balaban J connectivity index is 1.99. The third kappa shape index (κ3) is 3.12. The van der Waals surface area contributed by atoms with E-state index in [1.807, 2.05) is 30.3 Å². The van der Waals surface area contributed by atoms with E-state index in [-0.39, 0.29) is 30.8 Å². The molecule has 0 spiro atoms. The number of carbonyl (C=O) groups excluding carboxylic acids is 2. The van der Waals surface area contributed by atoms with Crippen molar-refractivity contribution in [3.63, 3.8) is 0 Å². The van der Waals surface area contributed by atoms with Gasteiger partial charge in [-0.05, 0) is 5.56 Å². The van der Waals surface area contributed by atoms with Crippen LogP contribution in [0.25, 0.3) is 0 Å². The number of hydrogen-bond acceptors (Lipinski definition) is 3. The Kier molecular flexibility index (Phi) is 4.16. The lowest BCUT2D eigenvalue weighted by Crippen LogP contribution is -2.36. The highest BCUT2D eigenvalue weighted by atomic mass is 16.3. The number of carbonyl (C=O) groups is 2. The molecular formula is C14H18N2O3. The Morgan fingerprint density at radius 1 is 1.47 bits per heavy atom. The van der Waals surface area contributed by atoms with Crippen LogP contribution < -0.4 is 5.32 Å². The summed E-state index contributed by atoms with van der Waals surface area (Å²) in [6, 6.07) is 8.88. The maximum absolute atomic E-state index is 12.1. The summed E-state index contributed by atoms with van der Waals surface area (Å²) in [5, 5.41) is 12.2. The molecule has 2 atom stereocenters. The molecule has 1 heterocycles. The van der Waals surface area contributed by atoms with Gasteiger partial charge in [-0.3, -0.25) is 9.59 Å². The van der Waals surface area contributed by atoms with Gasteiger partial charge in [0, 0.05) is 20.0 Å². The van der Waals surface area contributed by atoms with Crippen LogP contribution in [0.3, 0.4) is 0 Å². The van der Waals surface area contributed by atoms with Gasteiger partial charge in [0.05, 0.1) is 18.6 Å². The van der Waals surface area contributed by atoms with E-state index in [0.717, 1.165) is 5.56 Å². The van der Waals surface area contributed by atoms with Gasteiger partial charge >= 0.3 is 0 Å². The lowest BCUT2D eigenvalue weighted by Gasteiger charge is -2.19. The highest BCUT2D eigenvalue weighted by molar-refractivity contribution is 5.89. The normalized spacial score (nSPS) is 20.4. The largest absolute Gasteiger partial charge is 0.394 e. The number of likely N-dealkylation sites (tertiary alicyclic amines) is 1. The van der Waals surface area contributed by atoms with Gasteiger partial charge < -0.3 is 15.3 Å². The van der Waals surface area contributed by atoms with E-state index < -0.39 is 6.04 Å². The van der Waals surface area contributed by atoms with Crippen LogP contribution in [0.2, 0.25) is 0 Å². The van der Waals surface area contributed by atoms with E-state index in [0.29, 0.717) is 6.54 Å². The number of nitrogens with one attached hydrogen (secondary N) is 1. The van der Waals surface area contributed by atoms with Gasteiger partial charge in [-0.15, -0.1) is 0 Å². The van der Waals surface area contributed by atoms with Crippen molar-refractivity contribution in [2.45, 2.75) is 12.5 Å². The van der Waals surface area contributed by atoms with Gasteiger partial charge in [-0.1, -0.05) is 30.3 Å². The first-order valence-corrected chi connectivity index (χ1v) is 6.32. The van der Waals surface area contributed by atoms with Gasteiger partial charge in [0.2, 0.25) is 11.8 Å². The highest BCUT2D eigenvalue weighted by Gasteiger charge is 2.32. The molecule has 0 saturated carbocycles. The summed E-state index contributed by atoms with van der Waals surface area (Å²) in [5.41, 5.74) is 0.857. The van der Waals surface area contributed by atoms with Crippen molar-refractivity contribution in [2.75, 3.05) is 20.2 Å². The Morgan fingerprint density at radius 2 is 2.16 bits per heavy atom. The van der Waals surface area contributed by atoms with Crippen LogP contribution in [0.1, 0.15) is 18.0 Å². The summed E-state index contributed by atoms with van der Waals surface area (Å²) in [7, 11) is 1.69. The molecule has 2 amide bonds. The number of amides is 2. The maximum Gasteiger partial charge on any atom is 0.225 e. The van der Waals surface area contributed by atoms with Crippen molar-refractivity contribution in [3.8, 4) is 0 Å². The van der Waals surface area contributed by atoms with E-state index in [9.17, 15) is 14.7 Å². The lowest BCUT2D eigenvalue weighted by atomic mass is 10.0. The molecule has 1 aliphatic heterocycles. The highest BCUT2D eigenvalue weighted by Crippen LogP contribution is 2.18. The smallest absolute Gasteiger partial charge is 0.225 e. The molecule has 5 heteroatoms. The second-order valence-corrected chi connectivity index (χ2v) is 4.83. The first-order chi connectivity index (χ1) is 9.11. The van der Waals surface area contributed by atoms with Gasteiger partial charge in [-0.2, -0.15) is 0 Å². The van der Waals surface area contributed by atoms with Crippen LogP contribution in [0.5, 0.6) is 0 Å². The minimum Gasteiger partial charge on any atom is -0.394 e. The SMILES string of the molecule is CN1CC(C(=O)N[C@H](CO)c2ccccc2)CC1=O. The molecule has 19 heavy (non-hydrogen) atoms. The number of aliphatic hydroxyl groups is 1. The average molecular weight is 262 g/mol. The predicted octanol–water partition coefficient (Wildman–Crippen LogP) is 0.314. The fraction of sp³-hybridized carbons (Fsp3) is 0.429. The minimum absolute atomic E-state index is 0.0135. The Morgan fingerprint density at radius 3 is 2.68 bits per heavy atom. The Hall–Kier alpha value is -1.88. The fourth-order valence-corrected chi connectivity index (χ4v) is 2.25. The van der Waals surface area contributed by atoms with Gasteiger partial charge in [0.15, 0.2) is 0 Å². The molecular weight excluding hydrogens is 244 g/mol.